The van der Waals surface area contributed by atoms with Gasteiger partial charge < -0.3 is 14.2 Å². The van der Waals surface area contributed by atoms with Crippen LogP contribution in [0.3, 0.4) is 0 Å². The number of nitrogens with one attached hydrogen (secondary N) is 1. The molecule has 4 rings (SSSR count). The normalized spacial score (nSPS) is 14.0. The number of fused-ring (bicyclic) bond motifs is 2. The minimum Gasteiger partial charge on any atom is -0.497 e. The Labute approximate surface area is 159 Å². The second-order valence-electron chi connectivity index (χ2n) is 7.36. The van der Waals surface area contributed by atoms with E-state index in [2.05, 4.69) is 10.2 Å². The predicted molar refractivity (Wildman–Crippen MR) is 105 cm³/mol. The Kier molecular flexibility index (Phi) is 4.64. The summed E-state index contributed by atoms with van der Waals surface area (Å²) in [5, 5.41) is 8.69. The highest BCUT2D eigenvalue weighted by atomic mass is 16.5. The molecule has 1 aliphatic carbocycles. The Morgan fingerprint density at radius 3 is 2.89 bits per heavy atom. The first-order chi connectivity index (χ1) is 13.1. The van der Waals surface area contributed by atoms with Crippen molar-refractivity contribution >= 4 is 16.8 Å². The SMILES string of the molecule is COc1ccc2c(c1)cc(C(=O)N(C)Cc1n[nH]c3c1CCCCC3)n2C. The number of carbonyl (C=O) groups excluding carboxylic acids is 1. The first-order valence-corrected chi connectivity index (χ1v) is 9.52. The maximum Gasteiger partial charge on any atom is 0.270 e. The van der Waals surface area contributed by atoms with Crippen LogP contribution in [0.5, 0.6) is 5.75 Å². The second-order valence-corrected chi connectivity index (χ2v) is 7.36. The Morgan fingerprint density at radius 2 is 2.07 bits per heavy atom. The lowest BCUT2D eigenvalue weighted by atomic mass is 10.1. The molecule has 1 N–H and O–H groups in total. The number of benzene rings is 1. The molecule has 3 aromatic rings. The quantitative estimate of drug-likeness (QED) is 0.720. The monoisotopic (exact) mass is 366 g/mol. The highest BCUT2D eigenvalue weighted by Gasteiger charge is 2.21. The Hall–Kier alpha value is -2.76. The fourth-order valence-corrected chi connectivity index (χ4v) is 4.01. The van der Waals surface area contributed by atoms with Gasteiger partial charge in [-0.05, 0) is 55.5 Å². The molecule has 1 aliphatic rings. The average molecular weight is 366 g/mol. The fourth-order valence-electron chi connectivity index (χ4n) is 4.01. The molecule has 0 unspecified atom stereocenters. The van der Waals surface area contributed by atoms with Crippen molar-refractivity contribution in [3.05, 3.63) is 46.9 Å². The summed E-state index contributed by atoms with van der Waals surface area (Å²) in [5.41, 5.74) is 5.25. The molecule has 0 atom stereocenters. The van der Waals surface area contributed by atoms with Crippen LogP contribution < -0.4 is 4.74 Å². The number of hydrogen-bond acceptors (Lipinski definition) is 3. The van der Waals surface area contributed by atoms with Crippen LogP contribution in [-0.4, -0.2) is 39.7 Å². The van der Waals surface area contributed by atoms with Crippen LogP contribution in [0.1, 0.15) is 46.7 Å². The van der Waals surface area contributed by atoms with Crippen molar-refractivity contribution in [1.29, 1.82) is 0 Å². The molecule has 0 fully saturated rings. The standard InChI is InChI=1S/C21H26N4O2/c1-24(13-18-16-7-5-4-6-8-17(16)22-23-18)21(26)20-12-14-11-15(27-3)9-10-19(14)25(20)2/h9-12H,4-8,13H2,1-3H3,(H,22,23). The number of rotatable bonds is 4. The summed E-state index contributed by atoms with van der Waals surface area (Å²) in [4.78, 5) is 14.8. The number of aromatic amines is 1. The molecule has 1 aromatic carbocycles. The van der Waals surface area contributed by atoms with E-state index in [1.165, 1.54) is 30.5 Å². The van der Waals surface area contributed by atoms with Gasteiger partial charge in [0.25, 0.3) is 5.91 Å². The summed E-state index contributed by atoms with van der Waals surface area (Å²) in [6, 6.07) is 7.79. The highest BCUT2D eigenvalue weighted by Crippen LogP contribution is 2.26. The van der Waals surface area contributed by atoms with Crippen LogP contribution in [0.2, 0.25) is 0 Å². The number of H-pyrrole nitrogens is 1. The molecular formula is C21H26N4O2. The van der Waals surface area contributed by atoms with Crippen LogP contribution in [0.15, 0.2) is 24.3 Å². The Morgan fingerprint density at radius 1 is 1.26 bits per heavy atom. The molecule has 0 radical (unpaired) electrons. The van der Waals surface area contributed by atoms with E-state index in [1.54, 1.807) is 12.0 Å². The van der Waals surface area contributed by atoms with Crippen LogP contribution in [-0.2, 0) is 26.4 Å². The minimum atomic E-state index is -0.00182. The summed E-state index contributed by atoms with van der Waals surface area (Å²) in [6.45, 7) is 0.523. The number of hydrogen-bond donors (Lipinski definition) is 1. The number of nitrogens with zero attached hydrogens (tertiary/aromatic N) is 3. The molecule has 27 heavy (non-hydrogen) atoms. The van der Waals surface area contributed by atoms with E-state index in [-0.39, 0.29) is 5.91 Å². The molecule has 6 heteroatoms. The third-order valence-corrected chi connectivity index (χ3v) is 5.59. The van der Waals surface area contributed by atoms with Gasteiger partial charge in [-0.3, -0.25) is 9.89 Å². The summed E-state index contributed by atoms with van der Waals surface area (Å²) >= 11 is 0. The Bertz CT molecular complexity index is 986. The van der Waals surface area contributed by atoms with E-state index in [1.807, 2.05) is 42.9 Å². The predicted octanol–water partition coefficient (Wildman–Crippen LogP) is 3.45. The molecule has 2 heterocycles. The van der Waals surface area contributed by atoms with E-state index in [0.29, 0.717) is 12.2 Å². The third kappa shape index (κ3) is 3.20. The first-order valence-electron chi connectivity index (χ1n) is 9.52. The van der Waals surface area contributed by atoms with Gasteiger partial charge in [0, 0.05) is 30.7 Å². The van der Waals surface area contributed by atoms with Gasteiger partial charge in [-0.1, -0.05) is 6.42 Å². The van der Waals surface area contributed by atoms with Crippen molar-refractivity contribution in [2.24, 2.45) is 7.05 Å². The van der Waals surface area contributed by atoms with Crippen molar-refractivity contribution < 1.29 is 9.53 Å². The topological polar surface area (TPSA) is 63.1 Å². The summed E-state index contributed by atoms with van der Waals surface area (Å²) in [5.74, 6) is 0.790. The van der Waals surface area contributed by atoms with Gasteiger partial charge in [0.05, 0.1) is 19.3 Å². The van der Waals surface area contributed by atoms with E-state index < -0.39 is 0 Å². The Balaban J connectivity index is 1.59. The summed E-state index contributed by atoms with van der Waals surface area (Å²) in [7, 11) is 5.42. The molecule has 0 spiro atoms. The van der Waals surface area contributed by atoms with Crippen molar-refractivity contribution in [1.82, 2.24) is 19.7 Å². The lowest BCUT2D eigenvalue weighted by Gasteiger charge is -2.17. The van der Waals surface area contributed by atoms with E-state index >= 15 is 0 Å². The van der Waals surface area contributed by atoms with Gasteiger partial charge in [0.1, 0.15) is 11.4 Å². The van der Waals surface area contributed by atoms with Crippen LogP contribution in [0.25, 0.3) is 10.9 Å². The van der Waals surface area contributed by atoms with Gasteiger partial charge in [-0.15, -0.1) is 0 Å². The number of amides is 1. The minimum absolute atomic E-state index is 0.00182. The molecule has 2 aromatic heterocycles. The summed E-state index contributed by atoms with van der Waals surface area (Å²) in [6.07, 6.45) is 5.78. The van der Waals surface area contributed by atoms with E-state index in [9.17, 15) is 4.79 Å². The number of aryl methyl sites for hydroxylation is 2. The molecule has 0 saturated carbocycles. The summed E-state index contributed by atoms with van der Waals surface area (Å²) < 4.78 is 7.24. The third-order valence-electron chi connectivity index (χ3n) is 5.59. The lowest BCUT2D eigenvalue weighted by molar-refractivity contribution is 0.0774. The van der Waals surface area contributed by atoms with E-state index in [0.717, 1.165) is 35.2 Å². The molecule has 0 aliphatic heterocycles. The van der Waals surface area contributed by atoms with Crippen LogP contribution in [0, 0.1) is 0 Å². The van der Waals surface area contributed by atoms with Gasteiger partial charge in [-0.2, -0.15) is 5.10 Å². The van der Waals surface area contributed by atoms with Crippen molar-refractivity contribution in [2.75, 3.05) is 14.2 Å². The molecule has 6 nitrogen and oxygen atoms in total. The van der Waals surface area contributed by atoms with Gasteiger partial charge in [0.2, 0.25) is 0 Å². The zero-order valence-corrected chi connectivity index (χ0v) is 16.2. The smallest absolute Gasteiger partial charge is 0.270 e. The maximum absolute atomic E-state index is 13.1. The van der Waals surface area contributed by atoms with Crippen LogP contribution in [0.4, 0.5) is 0 Å². The maximum atomic E-state index is 13.1. The van der Waals surface area contributed by atoms with Gasteiger partial charge in [-0.25, -0.2) is 0 Å². The molecule has 0 bridgehead atoms. The van der Waals surface area contributed by atoms with E-state index in [4.69, 9.17) is 4.74 Å². The number of carbonyl (C=O) groups is 1. The first kappa shape index (κ1) is 17.6. The zero-order chi connectivity index (χ0) is 19.0. The molecular weight excluding hydrogens is 340 g/mol. The van der Waals surface area contributed by atoms with Crippen molar-refractivity contribution in [3.63, 3.8) is 0 Å². The number of aromatic nitrogens is 3. The molecule has 0 saturated heterocycles. The molecule has 142 valence electrons. The van der Waals surface area contributed by atoms with Crippen molar-refractivity contribution in [3.8, 4) is 5.75 Å². The zero-order valence-electron chi connectivity index (χ0n) is 16.2. The number of methoxy groups -OCH3 is 1. The fraction of sp³-hybridized carbons (Fsp3) is 0.429. The average Bonchev–Trinajstić information content (AvgIpc) is 3.11. The highest BCUT2D eigenvalue weighted by molar-refractivity contribution is 5.98. The largest absolute Gasteiger partial charge is 0.497 e. The van der Waals surface area contributed by atoms with Crippen molar-refractivity contribution in [2.45, 2.75) is 38.6 Å². The van der Waals surface area contributed by atoms with Gasteiger partial charge in [0.15, 0.2) is 0 Å². The number of ether oxygens (including phenoxy) is 1. The lowest BCUT2D eigenvalue weighted by Crippen LogP contribution is -2.28. The second kappa shape index (κ2) is 7.10. The molecule has 1 amide bonds. The van der Waals surface area contributed by atoms with Gasteiger partial charge >= 0.3 is 0 Å². The van der Waals surface area contributed by atoms with Crippen LogP contribution >= 0.6 is 0 Å².